The fourth-order valence-corrected chi connectivity index (χ4v) is 3.03. The Labute approximate surface area is 148 Å². The zero-order chi connectivity index (χ0) is 18.1. The Morgan fingerprint density at radius 3 is 2.35 bits per heavy atom. The van der Waals surface area contributed by atoms with Crippen LogP contribution in [0.25, 0.3) is 17.2 Å². The van der Waals surface area contributed by atoms with Crippen molar-refractivity contribution in [2.24, 2.45) is 0 Å². The number of nitrogens with zero attached hydrogens (tertiary/aromatic N) is 2. The van der Waals surface area contributed by atoms with E-state index < -0.39 is 11.7 Å². The van der Waals surface area contributed by atoms with Gasteiger partial charge in [-0.3, -0.25) is 0 Å². The quantitative estimate of drug-likeness (QED) is 0.709. The average Bonchev–Trinajstić information content (AvgIpc) is 2.67. The van der Waals surface area contributed by atoms with E-state index in [2.05, 4.69) is 15.2 Å². The summed E-state index contributed by atoms with van der Waals surface area (Å²) in [6.07, 6.45) is 2.58. The second-order valence-electron chi connectivity index (χ2n) is 6.00. The van der Waals surface area contributed by atoms with E-state index in [1.54, 1.807) is 12.4 Å². The first-order valence-electron chi connectivity index (χ1n) is 8.03. The number of hydrogen-bond acceptors (Lipinski definition) is 3. The summed E-state index contributed by atoms with van der Waals surface area (Å²) in [4.78, 5) is 8.11. The highest BCUT2D eigenvalue weighted by atomic mass is 19.4. The van der Waals surface area contributed by atoms with Gasteiger partial charge in [0.1, 0.15) is 6.33 Å². The van der Waals surface area contributed by atoms with Crippen molar-refractivity contribution >= 4 is 24.1 Å². The molecule has 0 unspecified atom stereocenters. The summed E-state index contributed by atoms with van der Waals surface area (Å²) in [5.74, 6) is 1.94. The molecule has 0 radical (unpaired) electrons. The molecule has 0 fully saturated rings. The van der Waals surface area contributed by atoms with Crippen LogP contribution in [0.5, 0.6) is 0 Å². The monoisotopic (exact) mass is 351 g/mol. The second kappa shape index (κ2) is 6.33. The van der Waals surface area contributed by atoms with Crippen LogP contribution in [0, 0.1) is 0 Å². The molecule has 0 spiro atoms. The van der Waals surface area contributed by atoms with Gasteiger partial charge in [-0.05, 0) is 5.56 Å². The highest BCUT2D eigenvalue weighted by molar-refractivity contribution is 6.81. The largest absolute Gasteiger partial charge is 0.420 e. The maximum absolute atomic E-state index is 12.8. The van der Waals surface area contributed by atoms with Gasteiger partial charge < -0.3 is 5.23 Å². The molecule has 3 aromatic rings. The third-order valence-corrected chi connectivity index (χ3v) is 4.33. The first-order chi connectivity index (χ1) is 12.5. The van der Waals surface area contributed by atoms with Crippen molar-refractivity contribution in [2.45, 2.75) is 6.18 Å². The van der Waals surface area contributed by atoms with E-state index in [0.717, 1.165) is 40.0 Å². The predicted molar refractivity (Wildman–Crippen MR) is 97.0 cm³/mol. The van der Waals surface area contributed by atoms with Gasteiger partial charge in [0.25, 0.3) is 0 Å². The van der Waals surface area contributed by atoms with Crippen LogP contribution < -0.4 is 10.7 Å². The van der Waals surface area contributed by atoms with Crippen molar-refractivity contribution in [1.82, 2.24) is 9.97 Å². The fraction of sp³-hybridized carbons (Fsp3) is 0.0526. The lowest BCUT2D eigenvalue weighted by molar-refractivity contribution is -0.137. The number of halogens is 3. The summed E-state index contributed by atoms with van der Waals surface area (Å²) in [7, 11) is 0. The molecule has 0 bridgehead atoms. The molecule has 1 aliphatic heterocycles. The van der Waals surface area contributed by atoms with Crippen LogP contribution in [-0.4, -0.2) is 16.8 Å². The highest BCUT2D eigenvalue weighted by Gasteiger charge is 2.30. The number of alkyl halides is 3. The molecule has 1 N–H and O–H groups in total. The number of rotatable bonds is 2. The van der Waals surface area contributed by atoms with Crippen LogP contribution in [-0.2, 0) is 6.18 Å². The lowest BCUT2D eigenvalue weighted by Crippen LogP contribution is -2.38. The first-order valence-corrected chi connectivity index (χ1v) is 8.03. The molecule has 2 heterocycles. The molecule has 1 aromatic heterocycles. The van der Waals surface area contributed by atoms with E-state index in [4.69, 9.17) is 0 Å². The Morgan fingerprint density at radius 1 is 0.923 bits per heavy atom. The number of para-hydroxylation sites is 1. The normalized spacial score (nSPS) is 13.3. The van der Waals surface area contributed by atoms with Crippen molar-refractivity contribution in [2.75, 3.05) is 5.23 Å². The van der Waals surface area contributed by atoms with Crippen LogP contribution in [0.15, 0.2) is 67.2 Å². The molecule has 26 heavy (non-hydrogen) atoms. The maximum atomic E-state index is 12.8. The molecule has 128 valence electrons. The van der Waals surface area contributed by atoms with Crippen molar-refractivity contribution in [3.8, 4) is 11.1 Å². The summed E-state index contributed by atoms with van der Waals surface area (Å²) in [5.41, 5.74) is 3.86. The lowest BCUT2D eigenvalue weighted by atomic mass is 9.54. The number of anilines is 1. The molecule has 0 aliphatic carbocycles. The molecule has 3 nitrogen and oxygen atoms in total. The molecule has 0 amide bonds. The maximum Gasteiger partial charge on any atom is 0.416 e. The van der Waals surface area contributed by atoms with E-state index in [1.807, 2.05) is 30.3 Å². The summed E-state index contributed by atoms with van der Waals surface area (Å²) in [5, 5.41) is 3.41. The summed E-state index contributed by atoms with van der Waals surface area (Å²) >= 11 is 0. The molecule has 2 aromatic carbocycles. The van der Waals surface area contributed by atoms with Gasteiger partial charge in [0.2, 0.25) is 0 Å². The molecule has 0 atom stereocenters. The average molecular weight is 351 g/mol. The van der Waals surface area contributed by atoms with Gasteiger partial charge in [0, 0.05) is 29.2 Å². The summed E-state index contributed by atoms with van der Waals surface area (Å²) in [6, 6.07) is 11.1. The first kappa shape index (κ1) is 16.4. The Kier molecular flexibility index (Phi) is 3.99. The number of nitrogens with one attached hydrogen (secondary N) is 1. The Morgan fingerprint density at radius 2 is 1.65 bits per heavy atom. The van der Waals surface area contributed by atoms with Gasteiger partial charge in [-0.1, -0.05) is 60.0 Å². The molecular weight excluding hydrogens is 338 g/mol. The van der Waals surface area contributed by atoms with Gasteiger partial charge in [0.05, 0.1) is 5.56 Å². The zero-order valence-electron chi connectivity index (χ0n) is 13.5. The number of benzene rings is 2. The third-order valence-electron chi connectivity index (χ3n) is 4.33. The van der Waals surface area contributed by atoms with Crippen molar-refractivity contribution < 1.29 is 13.2 Å². The van der Waals surface area contributed by atoms with Gasteiger partial charge in [-0.2, -0.15) is 13.2 Å². The lowest BCUT2D eigenvalue weighted by Gasteiger charge is -2.23. The van der Waals surface area contributed by atoms with Crippen molar-refractivity contribution in [1.29, 1.82) is 0 Å². The van der Waals surface area contributed by atoms with Gasteiger partial charge in [-0.25, -0.2) is 9.97 Å². The van der Waals surface area contributed by atoms with E-state index in [9.17, 15) is 13.2 Å². The van der Waals surface area contributed by atoms with Gasteiger partial charge in [0.15, 0.2) is 0 Å². The van der Waals surface area contributed by atoms with Crippen LogP contribution in [0.3, 0.4) is 0 Å². The van der Waals surface area contributed by atoms with E-state index in [-0.39, 0.29) is 6.85 Å². The minimum absolute atomic E-state index is 0.212. The Bertz CT molecular complexity index is 954. The van der Waals surface area contributed by atoms with Crippen LogP contribution in [0.2, 0.25) is 0 Å². The van der Waals surface area contributed by atoms with Gasteiger partial charge >= 0.3 is 13.0 Å². The molecule has 7 heteroatoms. The number of hydrogen-bond donors (Lipinski definition) is 1. The summed E-state index contributed by atoms with van der Waals surface area (Å²) in [6.45, 7) is -0.212. The minimum Gasteiger partial charge on any atom is -0.420 e. The molecule has 0 saturated carbocycles. The predicted octanol–water partition coefficient (Wildman–Crippen LogP) is 4.04. The fourth-order valence-electron chi connectivity index (χ4n) is 3.03. The minimum atomic E-state index is -4.33. The Hall–Kier alpha value is -3.09. The van der Waals surface area contributed by atoms with E-state index >= 15 is 0 Å². The Balaban J connectivity index is 1.68. The van der Waals surface area contributed by atoms with Crippen molar-refractivity contribution in [3.63, 3.8) is 0 Å². The van der Waals surface area contributed by atoms with E-state index in [1.165, 1.54) is 18.5 Å². The van der Waals surface area contributed by atoms with Crippen LogP contribution >= 0.6 is 0 Å². The molecule has 1 aliphatic rings. The number of aromatic nitrogens is 2. The van der Waals surface area contributed by atoms with Gasteiger partial charge in [-0.15, -0.1) is 0 Å². The molecule has 4 rings (SSSR count). The van der Waals surface area contributed by atoms with E-state index in [0.29, 0.717) is 0 Å². The standard InChI is InChI=1S/C19H13BF3N3/c21-19(22,23)15-4-6-16(7-5-15)20-9-8-13-2-1-3-17(18(13)26-20)14-10-24-12-25-11-14/h1-12,26H. The third kappa shape index (κ3) is 3.08. The summed E-state index contributed by atoms with van der Waals surface area (Å²) < 4.78 is 38.3. The highest BCUT2D eigenvalue weighted by Crippen LogP contribution is 2.33. The SMILES string of the molecule is FC(F)(F)c1ccc(B2C=Cc3cccc(-c4cncnc4)c3N2)cc1. The smallest absolute Gasteiger partial charge is 0.416 e. The van der Waals surface area contributed by atoms with Crippen LogP contribution in [0.1, 0.15) is 11.1 Å². The molecule has 0 saturated heterocycles. The topological polar surface area (TPSA) is 37.8 Å². The van der Waals surface area contributed by atoms with Crippen LogP contribution in [0.4, 0.5) is 18.9 Å². The zero-order valence-corrected chi connectivity index (χ0v) is 13.5. The number of fused-ring (bicyclic) bond motifs is 1. The second-order valence-corrected chi connectivity index (χ2v) is 6.00. The van der Waals surface area contributed by atoms with Crippen molar-refractivity contribution in [3.05, 3.63) is 78.3 Å². The molecular formula is C19H13BF3N3.